The predicted molar refractivity (Wildman–Crippen MR) is 76.8 cm³/mol. The van der Waals surface area contributed by atoms with Crippen molar-refractivity contribution in [1.82, 2.24) is 5.32 Å². The van der Waals surface area contributed by atoms with Crippen molar-refractivity contribution in [3.8, 4) is 0 Å². The Kier molecular flexibility index (Phi) is 4.04. The van der Waals surface area contributed by atoms with Crippen molar-refractivity contribution in [2.24, 2.45) is 5.92 Å². The van der Waals surface area contributed by atoms with Gasteiger partial charge in [0.05, 0.1) is 5.41 Å². The summed E-state index contributed by atoms with van der Waals surface area (Å²) in [5.41, 5.74) is 0.319. The highest BCUT2D eigenvalue weighted by atomic mass is 35.5. The van der Waals surface area contributed by atoms with Crippen molar-refractivity contribution < 1.29 is 14.7 Å². The predicted octanol–water partition coefficient (Wildman–Crippen LogP) is 2.60. The number of benzene rings is 1. The zero-order chi connectivity index (χ0) is 14.9. The van der Waals surface area contributed by atoms with Gasteiger partial charge in [0.15, 0.2) is 0 Å². The van der Waals surface area contributed by atoms with Crippen LogP contribution in [0.25, 0.3) is 0 Å². The van der Waals surface area contributed by atoms with Crippen molar-refractivity contribution >= 4 is 23.5 Å². The van der Waals surface area contributed by atoms with Crippen LogP contribution in [0.5, 0.6) is 0 Å². The molecule has 1 atom stereocenters. The Morgan fingerprint density at radius 2 is 1.80 bits per heavy atom. The summed E-state index contributed by atoms with van der Waals surface area (Å²) >= 11 is 5.85. The van der Waals surface area contributed by atoms with Crippen LogP contribution in [-0.4, -0.2) is 23.0 Å². The van der Waals surface area contributed by atoms with Gasteiger partial charge in [0, 0.05) is 5.02 Å². The molecule has 0 aromatic heterocycles. The number of aliphatic carboxylic acids is 1. The number of nitrogens with one attached hydrogen (secondary N) is 1. The third-order valence-electron chi connectivity index (χ3n) is 3.80. The van der Waals surface area contributed by atoms with Gasteiger partial charge in [-0.25, -0.2) is 4.79 Å². The van der Waals surface area contributed by atoms with E-state index in [0.29, 0.717) is 5.02 Å². The van der Waals surface area contributed by atoms with E-state index in [9.17, 15) is 9.59 Å². The van der Waals surface area contributed by atoms with Gasteiger partial charge < -0.3 is 10.4 Å². The Balaban J connectivity index is 2.16. The van der Waals surface area contributed by atoms with Crippen LogP contribution in [0.3, 0.4) is 0 Å². The molecule has 0 radical (unpaired) electrons. The molecule has 1 aromatic carbocycles. The number of amides is 1. The Hall–Kier alpha value is -1.55. The number of rotatable bonds is 5. The van der Waals surface area contributed by atoms with Crippen molar-refractivity contribution in [3.63, 3.8) is 0 Å². The fraction of sp³-hybridized carbons (Fsp3) is 0.467. The largest absolute Gasteiger partial charge is 0.480 e. The number of carboxylic acids is 1. The smallest absolute Gasteiger partial charge is 0.326 e. The molecule has 1 amide bonds. The lowest BCUT2D eigenvalue weighted by atomic mass is 9.93. The first-order valence-corrected chi connectivity index (χ1v) is 7.04. The molecule has 108 valence electrons. The third kappa shape index (κ3) is 2.80. The third-order valence-corrected chi connectivity index (χ3v) is 4.05. The van der Waals surface area contributed by atoms with Crippen LogP contribution in [0.2, 0.25) is 5.02 Å². The minimum Gasteiger partial charge on any atom is -0.480 e. The minimum absolute atomic E-state index is 0.155. The van der Waals surface area contributed by atoms with E-state index in [1.54, 1.807) is 26.0 Å². The molecular formula is C15H18ClNO3. The summed E-state index contributed by atoms with van der Waals surface area (Å²) in [6, 6.07) is 6.32. The fourth-order valence-corrected chi connectivity index (χ4v) is 2.46. The van der Waals surface area contributed by atoms with Crippen LogP contribution in [0.15, 0.2) is 24.3 Å². The van der Waals surface area contributed by atoms with Gasteiger partial charge in [0.2, 0.25) is 5.91 Å². The average Bonchev–Trinajstić information content (AvgIpc) is 3.17. The highest BCUT2D eigenvalue weighted by Crippen LogP contribution is 2.48. The standard InChI is InChI=1S/C15H18ClNO3/c1-9(2)12(13(18)19)17-14(20)15(7-8-15)10-3-5-11(16)6-4-10/h3-6,9,12H,7-8H2,1-2H3,(H,17,20)(H,18,19)/t12-/m0/s1. The van der Waals surface area contributed by atoms with Crippen LogP contribution in [-0.2, 0) is 15.0 Å². The van der Waals surface area contributed by atoms with Crippen LogP contribution in [0, 0.1) is 5.92 Å². The van der Waals surface area contributed by atoms with Crippen LogP contribution >= 0.6 is 11.6 Å². The van der Waals surface area contributed by atoms with E-state index in [4.69, 9.17) is 16.7 Å². The highest BCUT2D eigenvalue weighted by molar-refractivity contribution is 6.30. The maximum absolute atomic E-state index is 12.4. The lowest BCUT2D eigenvalue weighted by molar-refractivity contribution is -0.143. The molecule has 1 aliphatic rings. The van der Waals surface area contributed by atoms with Crippen molar-refractivity contribution in [1.29, 1.82) is 0 Å². The maximum atomic E-state index is 12.4. The number of carbonyl (C=O) groups is 2. The summed E-state index contributed by atoms with van der Waals surface area (Å²) in [5, 5.41) is 12.4. The van der Waals surface area contributed by atoms with E-state index in [2.05, 4.69) is 5.32 Å². The molecule has 5 heteroatoms. The first kappa shape index (κ1) is 14.9. The number of hydrogen-bond donors (Lipinski definition) is 2. The summed E-state index contributed by atoms with van der Waals surface area (Å²) in [6.07, 6.45) is 1.48. The molecule has 0 aliphatic heterocycles. The Bertz CT molecular complexity index is 520. The highest BCUT2D eigenvalue weighted by Gasteiger charge is 2.52. The Morgan fingerprint density at radius 3 is 2.20 bits per heavy atom. The lowest BCUT2D eigenvalue weighted by Gasteiger charge is -2.22. The summed E-state index contributed by atoms with van der Waals surface area (Å²) < 4.78 is 0. The fourth-order valence-electron chi connectivity index (χ4n) is 2.33. The SMILES string of the molecule is CC(C)[C@H](NC(=O)C1(c2ccc(Cl)cc2)CC1)C(=O)O. The molecule has 0 bridgehead atoms. The summed E-state index contributed by atoms with van der Waals surface area (Å²) in [7, 11) is 0. The van der Waals surface area contributed by atoms with E-state index in [-0.39, 0.29) is 11.8 Å². The zero-order valence-electron chi connectivity index (χ0n) is 11.5. The Labute approximate surface area is 123 Å². The molecule has 1 aromatic rings. The minimum atomic E-state index is -1.000. The number of carboxylic acid groups (broad SMARTS) is 1. The van der Waals surface area contributed by atoms with Gasteiger partial charge >= 0.3 is 5.97 Å². The van der Waals surface area contributed by atoms with Gasteiger partial charge in [-0.2, -0.15) is 0 Å². The summed E-state index contributed by atoms with van der Waals surface area (Å²) in [6.45, 7) is 3.56. The van der Waals surface area contributed by atoms with Gasteiger partial charge in [-0.15, -0.1) is 0 Å². The lowest BCUT2D eigenvalue weighted by Crippen LogP contribution is -2.48. The summed E-state index contributed by atoms with van der Waals surface area (Å²) in [4.78, 5) is 23.6. The van der Waals surface area contributed by atoms with Crippen molar-refractivity contribution in [2.45, 2.75) is 38.1 Å². The quantitative estimate of drug-likeness (QED) is 0.877. The molecule has 1 fully saturated rings. The van der Waals surface area contributed by atoms with Gasteiger partial charge in [0.25, 0.3) is 0 Å². The molecule has 2 N–H and O–H groups in total. The first-order valence-electron chi connectivity index (χ1n) is 6.66. The van der Waals surface area contributed by atoms with E-state index < -0.39 is 17.4 Å². The summed E-state index contributed by atoms with van der Waals surface area (Å²) in [5.74, 6) is -1.36. The topological polar surface area (TPSA) is 66.4 Å². The normalized spacial score (nSPS) is 17.6. The maximum Gasteiger partial charge on any atom is 0.326 e. The van der Waals surface area contributed by atoms with Crippen molar-refractivity contribution in [2.75, 3.05) is 0 Å². The molecule has 20 heavy (non-hydrogen) atoms. The Morgan fingerprint density at radius 1 is 1.25 bits per heavy atom. The molecule has 1 saturated carbocycles. The van der Waals surface area contributed by atoms with Crippen molar-refractivity contribution in [3.05, 3.63) is 34.9 Å². The van der Waals surface area contributed by atoms with Gasteiger partial charge in [-0.1, -0.05) is 37.6 Å². The van der Waals surface area contributed by atoms with E-state index in [0.717, 1.165) is 18.4 Å². The van der Waals surface area contributed by atoms with Gasteiger partial charge in [0.1, 0.15) is 6.04 Å². The molecule has 0 spiro atoms. The number of carbonyl (C=O) groups excluding carboxylic acids is 1. The van der Waals surface area contributed by atoms with E-state index in [1.165, 1.54) is 0 Å². The van der Waals surface area contributed by atoms with Gasteiger partial charge in [-0.3, -0.25) is 4.79 Å². The molecule has 4 nitrogen and oxygen atoms in total. The number of halogens is 1. The second kappa shape index (κ2) is 5.44. The van der Waals surface area contributed by atoms with Crippen LogP contribution < -0.4 is 5.32 Å². The molecule has 0 unspecified atom stereocenters. The second-order valence-electron chi connectivity index (χ2n) is 5.62. The van der Waals surface area contributed by atoms with E-state index in [1.807, 2.05) is 12.1 Å². The average molecular weight is 296 g/mol. The van der Waals surface area contributed by atoms with Crippen LogP contribution in [0.1, 0.15) is 32.3 Å². The first-order chi connectivity index (χ1) is 9.36. The monoisotopic (exact) mass is 295 g/mol. The van der Waals surface area contributed by atoms with E-state index >= 15 is 0 Å². The molecule has 2 rings (SSSR count). The molecule has 0 heterocycles. The number of hydrogen-bond acceptors (Lipinski definition) is 2. The molecular weight excluding hydrogens is 278 g/mol. The molecule has 1 aliphatic carbocycles. The zero-order valence-corrected chi connectivity index (χ0v) is 12.3. The van der Waals surface area contributed by atoms with Gasteiger partial charge in [-0.05, 0) is 36.5 Å². The molecule has 0 saturated heterocycles. The van der Waals surface area contributed by atoms with Crippen LogP contribution in [0.4, 0.5) is 0 Å². The second-order valence-corrected chi connectivity index (χ2v) is 6.06.